The molecular weight excluding hydrogens is 320 g/mol. The van der Waals surface area contributed by atoms with Gasteiger partial charge in [0.25, 0.3) is 11.5 Å². The SMILES string of the molecule is CCCc1[nH]c(=O)c(C(=O)Nc2cccc(C)c2)cc1C(=O)OCC. The second kappa shape index (κ2) is 8.28. The average Bonchev–Trinajstić information content (AvgIpc) is 2.55. The monoisotopic (exact) mass is 342 g/mol. The van der Waals surface area contributed by atoms with Gasteiger partial charge in [-0.15, -0.1) is 0 Å². The van der Waals surface area contributed by atoms with Crippen LogP contribution in [0.3, 0.4) is 0 Å². The minimum Gasteiger partial charge on any atom is -0.462 e. The Balaban J connectivity index is 2.39. The topological polar surface area (TPSA) is 88.3 Å². The summed E-state index contributed by atoms with van der Waals surface area (Å²) >= 11 is 0. The normalized spacial score (nSPS) is 10.4. The smallest absolute Gasteiger partial charge is 0.339 e. The minimum atomic E-state index is -0.569. The van der Waals surface area contributed by atoms with Gasteiger partial charge in [0, 0.05) is 11.4 Å². The van der Waals surface area contributed by atoms with Gasteiger partial charge >= 0.3 is 5.97 Å². The van der Waals surface area contributed by atoms with E-state index in [1.165, 1.54) is 6.07 Å². The summed E-state index contributed by atoms with van der Waals surface area (Å²) < 4.78 is 5.03. The first kappa shape index (κ1) is 18.4. The highest BCUT2D eigenvalue weighted by atomic mass is 16.5. The number of aromatic nitrogens is 1. The van der Waals surface area contributed by atoms with Crippen molar-refractivity contribution in [1.29, 1.82) is 0 Å². The standard InChI is InChI=1S/C19H22N2O4/c1-4-7-16-14(19(24)25-5-2)11-15(18(23)21-16)17(22)20-13-9-6-8-12(3)10-13/h6,8-11H,4-5,7H2,1-3H3,(H,20,22)(H,21,23). The molecule has 0 unspecified atom stereocenters. The average molecular weight is 342 g/mol. The summed E-state index contributed by atoms with van der Waals surface area (Å²) in [5.74, 6) is -1.12. The van der Waals surface area contributed by atoms with E-state index >= 15 is 0 Å². The fraction of sp³-hybridized carbons (Fsp3) is 0.316. The molecule has 132 valence electrons. The summed E-state index contributed by atoms with van der Waals surface area (Å²) in [4.78, 5) is 39.5. The molecule has 1 amide bonds. The Bertz CT molecular complexity index is 840. The van der Waals surface area contributed by atoms with Crippen molar-refractivity contribution >= 4 is 17.6 Å². The summed E-state index contributed by atoms with van der Waals surface area (Å²) in [6.45, 7) is 5.76. The number of amides is 1. The Kier molecular flexibility index (Phi) is 6.11. The number of carbonyl (C=O) groups is 2. The Morgan fingerprint density at radius 3 is 2.56 bits per heavy atom. The fourth-order valence-electron chi connectivity index (χ4n) is 2.50. The van der Waals surface area contributed by atoms with Crippen LogP contribution in [0.4, 0.5) is 5.69 Å². The van der Waals surface area contributed by atoms with Gasteiger partial charge < -0.3 is 15.0 Å². The van der Waals surface area contributed by atoms with Crippen LogP contribution in [-0.4, -0.2) is 23.5 Å². The van der Waals surface area contributed by atoms with Crippen molar-refractivity contribution in [2.45, 2.75) is 33.6 Å². The number of anilines is 1. The Labute approximate surface area is 146 Å². The number of aryl methyl sites for hydroxylation is 2. The second-order valence-electron chi connectivity index (χ2n) is 5.70. The summed E-state index contributed by atoms with van der Waals surface area (Å²) in [7, 11) is 0. The van der Waals surface area contributed by atoms with Crippen LogP contribution in [0, 0.1) is 6.92 Å². The molecule has 2 rings (SSSR count). The molecule has 0 aliphatic rings. The van der Waals surface area contributed by atoms with Crippen molar-refractivity contribution in [3.05, 3.63) is 63.1 Å². The maximum absolute atomic E-state index is 12.5. The predicted octanol–water partition coefficient (Wildman–Crippen LogP) is 3.06. The van der Waals surface area contributed by atoms with E-state index in [-0.39, 0.29) is 17.7 Å². The van der Waals surface area contributed by atoms with E-state index < -0.39 is 17.4 Å². The van der Waals surface area contributed by atoms with E-state index in [1.54, 1.807) is 19.1 Å². The van der Waals surface area contributed by atoms with Crippen LogP contribution in [0.25, 0.3) is 0 Å². The highest BCUT2D eigenvalue weighted by molar-refractivity contribution is 6.05. The lowest BCUT2D eigenvalue weighted by atomic mass is 10.1. The molecule has 0 atom stereocenters. The zero-order valence-corrected chi connectivity index (χ0v) is 14.6. The van der Waals surface area contributed by atoms with Crippen LogP contribution >= 0.6 is 0 Å². The molecule has 25 heavy (non-hydrogen) atoms. The van der Waals surface area contributed by atoms with Gasteiger partial charge in [0.1, 0.15) is 5.56 Å². The number of esters is 1. The number of carbonyl (C=O) groups excluding carboxylic acids is 2. The number of aromatic amines is 1. The molecular formula is C19H22N2O4. The molecule has 1 aromatic carbocycles. The zero-order valence-electron chi connectivity index (χ0n) is 14.6. The van der Waals surface area contributed by atoms with Gasteiger partial charge in [-0.1, -0.05) is 25.5 Å². The second-order valence-corrected chi connectivity index (χ2v) is 5.70. The summed E-state index contributed by atoms with van der Waals surface area (Å²) in [5.41, 5.74) is 1.62. The Morgan fingerprint density at radius 1 is 1.16 bits per heavy atom. The van der Waals surface area contributed by atoms with Gasteiger partial charge in [0.05, 0.1) is 12.2 Å². The fourth-order valence-corrected chi connectivity index (χ4v) is 2.50. The molecule has 0 bridgehead atoms. The summed E-state index contributed by atoms with van der Waals surface area (Å²) in [5, 5.41) is 2.68. The van der Waals surface area contributed by atoms with E-state index in [0.717, 1.165) is 12.0 Å². The highest BCUT2D eigenvalue weighted by Gasteiger charge is 2.19. The number of ether oxygens (including phenoxy) is 1. The maximum Gasteiger partial charge on any atom is 0.339 e. The molecule has 0 fully saturated rings. The molecule has 0 saturated heterocycles. The van der Waals surface area contributed by atoms with E-state index in [2.05, 4.69) is 10.3 Å². The number of hydrogen-bond donors (Lipinski definition) is 2. The molecule has 0 aliphatic carbocycles. The first-order chi connectivity index (χ1) is 12.0. The van der Waals surface area contributed by atoms with Crippen molar-refractivity contribution < 1.29 is 14.3 Å². The van der Waals surface area contributed by atoms with Crippen LogP contribution in [0.15, 0.2) is 35.1 Å². The summed E-state index contributed by atoms with van der Waals surface area (Å²) in [6, 6.07) is 8.55. The minimum absolute atomic E-state index is 0.121. The molecule has 6 nitrogen and oxygen atoms in total. The number of H-pyrrole nitrogens is 1. The molecule has 0 saturated carbocycles. The quantitative estimate of drug-likeness (QED) is 0.790. The van der Waals surface area contributed by atoms with E-state index in [4.69, 9.17) is 4.74 Å². The number of pyridine rings is 1. The van der Waals surface area contributed by atoms with Crippen LogP contribution in [0.1, 0.15) is 52.2 Å². The lowest BCUT2D eigenvalue weighted by Gasteiger charge is -2.11. The number of nitrogens with one attached hydrogen (secondary N) is 2. The first-order valence-electron chi connectivity index (χ1n) is 8.27. The lowest BCUT2D eigenvalue weighted by molar-refractivity contribution is 0.0524. The largest absolute Gasteiger partial charge is 0.462 e. The third-order valence-electron chi connectivity index (χ3n) is 3.64. The predicted molar refractivity (Wildman–Crippen MR) is 96.1 cm³/mol. The molecule has 1 aromatic heterocycles. The molecule has 0 radical (unpaired) electrons. The molecule has 2 N–H and O–H groups in total. The summed E-state index contributed by atoms with van der Waals surface area (Å²) in [6.07, 6.45) is 1.26. The van der Waals surface area contributed by atoms with E-state index in [9.17, 15) is 14.4 Å². The van der Waals surface area contributed by atoms with Crippen molar-refractivity contribution in [3.63, 3.8) is 0 Å². The van der Waals surface area contributed by atoms with Gasteiger partial charge in [-0.3, -0.25) is 9.59 Å². The van der Waals surface area contributed by atoms with Crippen molar-refractivity contribution in [2.24, 2.45) is 0 Å². The van der Waals surface area contributed by atoms with Crippen molar-refractivity contribution in [3.8, 4) is 0 Å². The Morgan fingerprint density at radius 2 is 1.92 bits per heavy atom. The van der Waals surface area contributed by atoms with Crippen LogP contribution < -0.4 is 10.9 Å². The lowest BCUT2D eigenvalue weighted by Crippen LogP contribution is -2.26. The van der Waals surface area contributed by atoms with Gasteiger partial charge in [-0.2, -0.15) is 0 Å². The molecule has 2 aromatic rings. The Hall–Kier alpha value is -2.89. The molecule has 0 aliphatic heterocycles. The van der Waals surface area contributed by atoms with Crippen LogP contribution in [-0.2, 0) is 11.2 Å². The van der Waals surface area contributed by atoms with Crippen LogP contribution in [0.5, 0.6) is 0 Å². The number of benzene rings is 1. The van der Waals surface area contributed by atoms with E-state index in [0.29, 0.717) is 17.8 Å². The molecule has 1 heterocycles. The third kappa shape index (κ3) is 4.56. The zero-order chi connectivity index (χ0) is 18.4. The van der Waals surface area contributed by atoms with Crippen molar-refractivity contribution in [2.75, 3.05) is 11.9 Å². The highest BCUT2D eigenvalue weighted by Crippen LogP contribution is 2.14. The maximum atomic E-state index is 12.5. The third-order valence-corrected chi connectivity index (χ3v) is 3.64. The van der Waals surface area contributed by atoms with E-state index in [1.807, 2.05) is 26.0 Å². The number of hydrogen-bond acceptors (Lipinski definition) is 4. The first-order valence-corrected chi connectivity index (χ1v) is 8.27. The van der Waals surface area contributed by atoms with Gasteiger partial charge in [0.2, 0.25) is 0 Å². The van der Waals surface area contributed by atoms with Crippen molar-refractivity contribution in [1.82, 2.24) is 4.98 Å². The van der Waals surface area contributed by atoms with Gasteiger partial charge in [-0.05, 0) is 44.0 Å². The molecule has 0 spiro atoms. The molecule has 6 heteroatoms. The van der Waals surface area contributed by atoms with Gasteiger partial charge in [0.15, 0.2) is 0 Å². The number of rotatable bonds is 6. The van der Waals surface area contributed by atoms with Gasteiger partial charge in [-0.25, -0.2) is 4.79 Å². The van der Waals surface area contributed by atoms with Crippen LogP contribution in [0.2, 0.25) is 0 Å².